The van der Waals surface area contributed by atoms with Gasteiger partial charge in [0, 0.05) is 6.54 Å². The average Bonchev–Trinajstić information content (AvgIpc) is 2.87. The van der Waals surface area contributed by atoms with Gasteiger partial charge >= 0.3 is 0 Å². The number of rotatable bonds is 8. The number of nitrogens with one attached hydrogen (secondary N) is 2. The molecule has 9 heteroatoms. The lowest BCUT2D eigenvalue weighted by atomic mass is 10.3. The first kappa shape index (κ1) is 18.3. The second-order valence-corrected chi connectivity index (χ2v) is 6.54. The van der Waals surface area contributed by atoms with E-state index in [0.29, 0.717) is 13.1 Å². The molecule has 0 radical (unpaired) electrons. The Hall–Kier alpha value is -0.670. The number of hydrogen-bond acceptors (Lipinski definition) is 5. The van der Waals surface area contributed by atoms with Gasteiger partial charge in [0.1, 0.15) is 4.21 Å². The molecule has 19 heavy (non-hydrogen) atoms. The first-order valence-corrected chi connectivity index (χ1v) is 7.92. The van der Waals surface area contributed by atoms with Crippen molar-refractivity contribution in [1.29, 1.82) is 0 Å². The summed E-state index contributed by atoms with van der Waals surface area (Å²) in [4.78, 5) is 11.4. The Labute approximate surface area is 123 Å². The molecule has 4 N–H and O–H groups in total. The number of hydrogen-bond donors (Lipinski definition) is 3. The van der Waals surface area contributed by atoms with Crippen molar-refractivity contribution in [2.45, 2.75) is 17.1 Å². The summed E-state index contributed by atoms with van der Waals surface area (Å²) in [6, 6.07) is 3.14. The fourth-order valence-electron chi connectivity index (χ4n) is 1.21. The Morgan fingerprint density at radius 3 is 2.68 bits per heavy atom. The van der Waals surface area contributed by atoms with Crippen LogP contribution in [0.5, 0.6) is 0 Å². The van der Waals surface area contributed by atoms with Crippen LogP contribution in [0.4, 0.5) is 0 Å². The minimum atomic E-state index is -3.56. The molecule has 1 heterocycles. The highest BCUT2D eigenvalue weighted by Gasteiger charge is 2.15. The van der Waals surface area contributed by atoms with Crippen LogP contribution < -0.4 is 15.8 Å². The van der Waals surface area contributed by atoms with Crippen LogP contribution in [0.15, 0.2) is 21.7 Å². The van der Waals surface area contributed by atoms with Crippen molar-refractivity contribution < 1.29 is 13.2 Å². The normalized spacial score (nSPS) is 10.8. The van der Waals surface area contributed by atoms with E-state index in [0.717, 1.165) is 24.2 Å². The van der Waals surface area contributed by atoms with Crippen molar-refractivity contribution in [3.63, 3.8) is 0 Å². The van der Waals surface area contributed by atoms with Crippen LogP contribution in [0.1, 0.15) is 12.8 Å². The SMILES string of the molecule is Cl.NCCCCNC(=O)CNS(=O)(=O)c1cccs1. The van der Waals surface area contributed by atoms with Gasteiger partial charge in [0.05, 0.1) is 6.54 Å². The van der Waals surface area contributed by atoms with E-state index < -0.39 is 10.0 Å². The minimum absolute atomic E-state index is 0. The molecule has 0 bridgehead atoms. The zero-order chi connectivity index (χ0) is 13.4. The average molecular weight is 328 g/mol. The molecule has 0 saturated carbocycles. The maximum absolute atomic E-state index is 11.7. The summed E-state index contributed by atoms with van der Waals surface area (Å²) in [6.07, 6.45) is 1.63. The quantitative estimate of drug-likeness (QED) is 0.598. The summed E-state index contributed by atoms with van der Waals surface area (Å²) in [5, 5.41) is 4.29. The van der Waals surface area contributed by atoms with Gasteiger partial charge in [0.15, 0.2) is 0 Å². The van der Waals surface area contributed by atoms with Crippen LogP contribution in [-0.4, -0.2) is 34.0 Å². The molecule has 1 rings (SSSR count). The van der Waals surface area contributed by atoms with Crippen molar-refractivity contribution in [2.75, 3.05) is 19.6 Å². The molecule has 1 amide bonds. The zero-order valence-corrected chi connectivity index (χ0v) is 12.7. The molecular formula is C10H18ClN3O3S2. The lowest BCUT2D eigenvalue weighted by Crippen LogP contribution is -2.37. The molecule has 0 aliphatic carbocycles. The van der Waals surface area contributed by atoms with Gasteiger partial charge in [0.25, 0.3) is 10.0 Å². The first-order chi connectivity index (χ1) is 8.56. The minimum Gasteiger partial charge on any atom is -0.355 e. The van der Waals surface area contributed by atoms with Crippen LogP contribution in [-0.2, 0) is 14.8 Å². The van der Waals surface area contributed by atoms with Gasteiger partial charge in [-0.2, -0.15) is 0 Å². The molecule has 6 nitrogen and oxygen atoms in total. The Morgan fingerprint density at radius 2 is 2.11 bits per heavy atom. The highest BCUT2D eigenvalue weighted by molar-refractivity contribution is 7.91. The van der Waals surface area contributed by atoms with Crippen LogP contribution >= 0.6 is 23.7 Å². The number of amides is 1. The van der Waals surface area contributed by atoms with E-state index in [1.807, 2.05) is 0 Å². The van der Waals surface area contributed by atoms with Gasteiger partial charge in [-0.15, -0.1) is 23.7 Å². The molecule has 0 atom stereocenters. The number of sulfonamides is 1. The highest BCUT2D eigenvalue weighted by atomic mass is 35.5. The predicted octanol–water partition coefficient (Wildman–Crippen LogP) is 0.303. The van der Waals surface area contributed by atoms with E-state index >= 15 is 0 Å². The van der Waals surface area contributed by atoms with E-state index in [1.165, 1.54) is 6.07 Å². The van der Waals surface area contributed by atoms with Crippen molar-refractivity contribution >= 4 is 39.7 Å². The third kappa shape index (κ3) is 6.88. The lowest BCUT2D eigenvalue weighted by Gasteiger charge is -2.06. The lowest BCUT2D eigenvalue weighted by molar-refractivity contribution is -0.119. The first-order valence-electron chi connectivity index (χ1n) is 5.56. The fraction of sp³-hybridized carbons (Fsp3) is 0.500. The van der Waals surface area contributed by atoms with Gasteiger partial charge in [-0.3, -0.25) is 4.79 Å². The summed E-state index contributed by atoms with van der Waals surface area (Å²) < 4.78 is 25.8. The summed E-state index contributed by atoms with van der Waals surface area (Å²) in [6.45, 7) is 0.848. The van der Waals surface area contributed by atoms with Crippen LogP contribution in [0.2, 0.25) is 0 Å². The van der Waals surface area contributed by atoms with Gasteiger partial charge in [0.2, 0.25) is 5.91 Å². The van der Waals surface area contributed by atoms with Crippen molar-refractivity contribution in [2.24, 2.45) is 5.73 Å². The van der Waals surface area contributed by atoms with Crippen molar-refractivity contribution in [3.05, 3.63) is 17.5 Å². The molecule has 0 aliphatic heterocycles. The number of halogens is 1. The number of nitrogens with two attached hydrogens (primary N) is 1. The second-order valence-electron chi connectivity index (χ2n) is 3.60. The van der Waals surface area contributed by atoms with Gasteiger partial charge in [-0.25, -0.2) is 13.1 Å². The van der Waals surface area contributed by atoms with Crippen molar-refractivity contribution in [3.8, 4) is 0 Å². The number of carbonyl (C=O) groups is 1. The van der Waals surface area contributed by atoms with Crippen LogP contribution in [0, 0.1) is 0 Å². The fourth-order valence-corrected chi connectivity index (χ4v) is 3.23. The predicted molar refractivity (Wildman–Crippen MR) is 78.1 cm³/mol. The largest absolute Gasteiger partial charge is 0.355 e. The molecule has 110 valence electrons. The number of thiophene rings is 1. The monoisotopic (exact) mass is 327 g/mol. The van der Waals surface area contributed by atoms with Gasteiger partial charge in [-0.1, -0.05) is 6.07 Å². The van der Waals surface area contributed by atoms with E-state index in [2.05, 4.69) is 10.0 Å². The molecule has 1 aromatic heterocycles. The standard InChI is InChI=1S/C10H17N3O3S2.ClH/c11-5-1-2-6-12-9(14)8-13-18(15,16)10-4-3-7-17-10;/h3-4,7,13H,1-2,5-6,8,11H2,(H,12,14);1H. The molecule has 0 aliphatic rings. The zero-order valence-electron chi connectivity index (χ0n) is 10.3. The molecule has 0 saturated heterocycles. The maximum Gasteiger partial charge on any atom is 0.250 e. The molecule has 0 spiro atoms. The van der Waals surface area contributed by atoms with Crippen LogP contribution in [0.3, 0.4) is 0 Å². The molecule has 1 aromatic rings. The highest BCUT2D eigenvalue weighted by Crippen LogP contribution is 2.14. The Bertz CT molecular complexity index is 462. The Kier molecular flexibility index (Phi) is 8.94. The second kappa shape index (κ2) is 9.27. The summed E-state index contributed by atoms with van der Waals surface area (Å²) in [5.41, 5.74) is 5.31. The number of unbranched alkanes of at least 4 members (excludes halogenated alkanes) is 1. The van der Waals surface area contributed by atoms with Gasteiger partial charge in [-0.05, 0) is 30.8 Å². The molecular weight excluding hydrogens is 310 g/mol. The summed E-state index contributed by atoms with van der Waals surface area (Å²) >= 11 is 1.11. The summed E-state index contributed by atoms with van der Waals surface area (Å²) in [5.74, 6) is -0.341. The Morgan fingerprint density at radius 1 is 1.37 bits per heavy atom. The van der Waals surface area contributed by atoms with Crippen molar-refractivity contribution in [1.82, 2.24) is 10.0 Å². The maximum atomic E-state index is 11.7. The number of carbonyl (C=O) groups excluding carboxylic acids is 1. The molecule has 0 unspecified atom stereocenters. The third-order valence-corrected chi connectivity index (χ3v) is 4.93. The van der Waals surface area contributed by atoms with E-state index in [-0.39, 0.29) is 29.1 Å². The molecule has 0 fully saturated rings. The Balaban J connectivity index is 0.00000324. The molecule has 0 aromatic carbocycles. The van der Waals surface area contributed by atoms with E-state index in [4.69, 9.17) is 5.73 Å². The van der Waals surface area contributed by atoms with Crippen LogP contribution in [0.25, 0.3) is 0 Å². The smallest absolute Gasteiger partial charge is 0.250 e. The van der Waals surface area contributed by atoms with E-state index in [1.54, 1.807) is 11.4 Å². The van der Waals surface area contributed by atoms with Gasteiger partial charge < -0.3 is 11.1 Å². The topological polar surface area (TPSA) is 101 Å². The van der Waals surface area contributed by atoms with E-state index in [9.17, 15) is 13.2 Å². The third-order valence-electron chi connectivity index (χ3n) is 2.14. The summed E-state index contributed by atoms with van der Waals surface area (Å²) in [7, 11) is -3.56.